The van der Waals surface area contributed by atoms with Crippen LogP contribution >= 0.6 is 0 Å². The third-order valence-corrected chi connectivity index (χ3v) is 4.61. The summed E-state index contributed by atoms with van der Waals surface area (Å²) in [6, 6.07) is 0. The Bertz CT molecular complexity index is 278. The van der Waals surface area contributed by atoms with Crippen LogP contribution in [0, 0.1) is 11.3 Å². The first-order chi connectivity index (χ1) is 8.62. The van der Waals surface area contributed by atoms with Gasteiger partial charge in [-0.05, 0) is 31.6 Å². The summed E-state index contributed by atoms with van der Waals surface area (Å²) in [5, 5.41) is 19.6. The van der Waals surface area contributed by atoms with Crippen molar-refractivity contribution in [2.45, 2.75) is 57.5 Å². The molecule has 1 atom stereocenters. The fraction of sp³-hybridized carbons (Fsp3) is 0.929. The molecular formula is C14H24O4. The average Bonchev–Trinajstić information content (AvgIpc) is 2.82. The van der Waals surface area contributed by atoms with Crippen molar-refractivity contribution in [3.63, 3.8) is 0 Å². The summed E-state index contributed by atoms with van der Waals surface area (Å²) in [6.45, 7) is 1.00. The van der Waals surface area contributed by atoms with Crippen molar-refractivity contribution in [3.05, 3.63) is 0 Å². The van der Waals surface area contributed by atoms with E-state index in [1.807, 2.05) is 0 Å². The van der Waals surface area contributed by atoms with Crippen LogP contribution in [0.15, 0.2) is 0 Å². The minimum atomic E-state index is -0.767. The third kappa shape index (κ3) is 3.23. The van der Waals surface area contributed by atoms with Crippen molar-refractivity contribution >= 4 is 5.97 Å². The van der Waals surface area contributed by atoms with E-state index in [4.69, 9.17) is 4.74 Å². The lowest BCUT2D eigenvalue weighted by molar-refractivity contribution is -0.158. The fourth-order valence-electron chi connectivity index (χ4n) is 3.43. The quantitative estimate of drug-likeness (QED) is 0.791. The number of carboxylic acids is 1. The maximum absolute atomic E-state index is 11.5. The van der Waals surface area contributed by atoms with Gasteiger partial charge < -0.3 is 14.9 Å². The zero-order valence-corrected chi connectivity index (χ0v) is 10.9. The number of rotatable bonds is 5. The predicted octanol–water partition coefficient (Wildman–Crippen LogP) is 2.20. The van der Waals surface area contributed by atoms with Gasteiger partial charge in [-0.3, -0.25) is 4.79 Å². The highest BCUT2D eigenvalue weighted by molar-refractivity contribution is 5.74. The lowest BCUT2D eigenvalue weighted by atomic mass is 9.74. The van der Waals surface area contributed by atoms with Gasteiger partial charge in [-0.2, -0.15) is 0 Å². The Morgan fingerprint density at radius 2 is 1.89 bits per heavy atom. The van der Waals surface area contributed by atoms with Crippen molar-refractivity contribution < 1.29 is 19.7 Å². The van der Waals surface area contributed by atoms with Gasteiger partial charge in [0.2, 0.25) is 0 Å². The highest BCUT2D eigenvalue weighted by atomic mass is 16.5. The Kier molecular flexibility index (Phi) is 4.62. The lowest BCUT2D eigenvalue weighted by Crippen LogP contribution is -2.40. The van der Waals surface area contributed by atoms with Gasteiger partial charge in [0.05, 0.1) is 11.5 Å². The van der Waals surface area contributed by atoms with Crippen molar-refractivity contribution in [1.29, 1.82) is 0 Å². The highest BCUT2D eigenvalue weighted by Gasteiger charge is 2.42. The molecule has 4 nitrogen and oxygen atoms in total. The Labute approximate surface area is 108 Å². The molecule has 2 N–H and O–H groups in total. The van der Waals surface area contributed by atoms with E-state index >= 15 is 0 Å². The third-order valence-electron chi connectivity index (χ3n) is 4.61. The van der Waals surface area contributed by atoms with Crippen LogP contribution < -0.4 is 0 Å². The van der Waals surface area contributed by atoms with Crippen LogP contribution in [0.2, 0.25) is 0 Å². The maximum Gasteiger partial charge on any atom is 0.309 e. The molecule has 18 heavy (non-hydrogen) atoms. The molecule has 4 heteroatoms. The molecular weight excluding hydrogens is 232 g/mol. The van der Waals surface area contributed by atoms with E-state index in [1.54, 1.807) is 0 Å². The largest absolute Gasteiger partial charge is 0.481 e. The number of carboxylic acid groups (broad SMARTS) is 1. The minimum absolute atomic E-state index is 0.391. The van der Waals surface area contributed by atoms with Crippen LogP contribution in [-0.4, -0.2) is 35.5 Å². The molecule has 1 heterocycles. The number of aliphatic carboxylic acids is 1. The molecule has 2 rings (SSSR count). The van der Waals surface area contributed by atoms with E-state index < -0.39 is 17.5 Å². The van der Waals surface area contributed by atoms with E-state index in [-0.39, 0.29) is 0 Å². The van der Waals surface area contributed by atoms with Gasteiger partial charge in [0.1, 0.15) is 0 Å². The van der Waals surface area contributed by atoms with Crippen molar-refractivity contribution in [2.75, 3.05) is 13.2 Å². The summed E-state index contributed by atoms with van der Waals surface area (Å²) in [5.74, 6) is -0.165. The van der Waals surface area contributed by atoms with Gasteiger partial charge >= 0.3 is 5.97 Å². The van der Waals surface area contributed by atoms with Gasteiger partial charge in [-0.1, -0.05) is 25.7 Å². The van der Waals surface area contributed by atoms with Gasteiger partial charge in [-0.15, -0.1) is 0 Å². The molecule has 2 fully saturated rings. The normalized spacial score (nSPS) is 26.1. The lowest BCUT2D eigenvalue weighted by Gasteiger charge is -2.35. The molecule has 0 aromatic rings. The molecule has 1 saturated heterocycles. The molecule has 1 saturated carbocycles. The topological polar surface area (TPSA) is 66.8 Å². The summed E-state index contributed by atoms with van der Waals surface area (Å²) in [5.41, 5.74) is -0.754. The molecule has 2 aliphatic rings. The number of aliphatic hydroxyl groups is 1. The fourth-order valence-corrected chi connectivity index (χ4v) is 3.43. The van der Waals surface area contributed by atoms with Crippen LogP contribution in [0.3, 0.4) is 0 Å². The van der Waals surface area contributed by atoms with Crippen molar-refractivity contribution in [3.8, 4) is 0 Å². The molecule has 104 valence electrons. The van der Waals surface area contributed by atoms with Gasteiger partial charge in [-0.25, -0.2) is 0 Å². The highest BCUT2D eigenvalue weighted by Crippen LogP contribution is 2.38. The minimum Gasteiger partial charge on any atom is -0.481 e. The predicted molar refractivity (Wildman–Crippen MR) is 67.3 cm³/mol. The van der Waals surface area contributed by atoms with E-state index in [9.17, 15) is 15.0 Å². The molecule has 1 aliphatic heterocycles. The monoisotopic (exact) mass is 256 g/mol. The zero-order valence-electron chi connectivity index (χ0n) is 10.9. The molecule has 0 aromatic heterocycles. The van der Waals surface area contributed by atoms with E-state index in [0.717, 1.165) is 6.42 Å². The maximum atomic E-state index is 11.5. The van der Waals surface area contributed by atoms with Crippen LogP contribution in [0.25, 0.3) is 0 Å². The van der Waals surface area contributed by atoms with Crippen LogP contribution in [-0.2, 0) is 9.53 Å². The van der Waals surface area contributed by atoms with E-state index in [2.05, 4.69) is 0 Å². The molecule has 1 unspecified atom stereocenters. The second kappa shape index (κ2) is 6.02. The van der Waals surface area contributed by atoms with Crippen LogP contribution in [0.5, 0.6) is 0 Å². The molecule has 0 aromatic carbocycles. The molecule has 0 amide bonds. The Hall–Kier alpha value is -0.610. The first kappa shape index (κ1) is 13.8. The number of aliphatic hydroxyl groups excluding tert-OH is 1. The van der Waals surface area contributed by atoms with E-state index in [0.29, 0.717) is 38.4 Å². The van der Waals surface area contributed by atoms with Gasteiger partial charge in [0.25, 0.3) is 0 Å². The van der Waals surface area contributed by atoms with Gasteiger partial charge in [0.15, 0.2) is 0 Å². The number of hydrogen-bond donors (Lipinski definition) is 2. The second-order valence-electron chi connectivity index (χ2n) is 5.94. The standard InChI is InChI=1S/C14H24O4/c15-12(9-11-3-1-2-4-11)10-14(13(16)17)5-7-18-8-6-14/h11-12,15H,1-10H2,(H,16,17). The SMILES string of the molecule is O=C(O)C1(CC(O)CC2CCCC2)CCOCC1. The van der Waals surface area contributed by atoms with Gasteiger partial charge in [0, 0.05) is 13.2 Å². The zero-order chi connectivity index (χ0) is 13.0. The van der Waals surface area contributed by atoms with Crippen molar-refractivity contribution in [1.82, 2.24) is 0 Å². The van der Waals surface area contributed by atoms with E-state index in [1.165, 1.54) is 25.7 Å². The molecule has 0 radical (unpaired) electrons. The number of ether oxygens (including phenoxy) is 1. The smallest absolute Gasteiger partial charge is 0.309 e. The second-order valence-corrected chi connectivity index (χ2v) is 5.94. The average molecular weight is 256 g/mol. The Balaban J connectivity index is 1.89. The molecule has 0 spiro atoms. The summed E-state index contributed by atoms with van der Waals surface area (Å²) < 4.78 is 5.24. The summed E-state index contributed by atoms with van der Waals surface area (Å²) in [6.07, 6.45) is 6.67. The Morgan fingerprint density at radius 1 is 1.28 bits per heavy atom. The number of carbonyl (C=O) groups is 1. The first-order valence-corrected chi connectivity index (χ1v) is 7.12. The first-order valence-electron chi connectivity index (χ1n) is 7.12. The molecule has 0 bridgehead atoms. The Morgan fingerprint density at radius 3 is 2.44 bits per heavy atom. The van der Waals surface area contributed by atoms with Crippen molar-refractivity contribution in [2.24, 2.45) is 11.3 Å². The molecule has 1 aliphatic carbocycles. The van der Waals surface area contributed by atoms with Crippen LogP contribution in [0.1, 0.15) is 51.4 Å². The number of hydrogen-bond acceptors (Lipinski definition) is 3. The summed E-state index contributed by atoms with van der Waals surface area (Å²) >= 11 is 0. The summed E-state index contributed by atoms with van der Waals surface area (Å²) in [4.78, 5) is 11.5. The summed E-state index contributed by atoms with van der Waals surface area (Å²) in [7, 11) is 0. The van der Waals surface area contributed by atoms with Crippen LogP contribution in [0.4, 0.5) is 0 Å².